The van der Waals surface area contributed by atoms with Crippen LogP contribution in [0.1, 0.15) is 0 Å². The molecule has 4 nitrogen and oxygen atoms in total. The Hall–Kier alpha value is -7.56. The maximum absolute atomic E-state index is 2.42. The molecule has 4 heteroatoms. The van der Waals surface area contributed by atoms with Gasteiger partial charge in [-0.05, 0) is 108 Å². The molecule has 276 valence electrons. The van der Waals surface area contributed by atoms with E-state index < -0.39 is 0 Å². The highest BCUT2D eigenvalue weighted by molar-refractivity contribution is 6.12. The largest absolute Gasteiger partial charge is 0.345 e. The molecule has 0 aliphatic carbocycles. The molecule has 0 fully saturated rings. The fraction of sp³-hybridized carbons (Fsp3) is 0.0370. The van der Waals surface area contributed by atoms with Crippen LogP contribution in [0.25, 0.3) is 76.9 Å². The van der Waals surface area contributed by atoms with Gasteiger partial charge in [-0.2, -0.15) is 0 Å². The molecule has 11 aromatic rings. The SMILES string of the molecule is CN(c1ccccc1)c1ccc(-n2c3ccccc3c3ccc(-c4ccc5c6ccccc6n(-c6ccc(N(C)c7cccc8ccccc78)cc6)c5c4)cc32)cc1. The summed E-state index contributed by atoms with van der Waals surface area (Å²) < 4.78 is 4.83. The van der Waals surface area contributed by atoms with Crippen LogP contribution in [-0.2, 0) is 0 Å². The van der Waals surface area contributed by atoms with Gasteiger partial charge in [-0.3, -0.25) is 0 Å². The standard InChI is InChI=1S/C54H40N4/c1-55(40-15-4-3-5-16-40)41-25-29-43(30-26-41)57-51-20-10-8-18-46(51)48-33-23-38(35-53(48)57)39-24-34-49-47-19-9-11-21-52(47)58(54(49)36-39)44-31-27-42(28-32-44)56(2)50-22-12-14-37-13-6-7-17-45(37)50/h3-36H,1-2H3. The number of rotatable bonds is 7. The number of aromatic nitrogens is 2. The number of fused-ring (bicyclic) bond motifs is 7. The highest BCUT2D eigenvalue weighted by Crippen LogP contribution is 2.39. The molecule has 0 radical (unpaired) electrons. The minimum absolute atomic E-state index is 1.13. The predicted octanol–water partition coefficient (Wildman–Crippen LogP) is 14.2. The zero-order valence-corrected chi connectivity index (χ0v) is 32.4. The highest BCUT2D eigenvalue weighted by atomic mass is 15.1. The first kappa shape index (κ1) is 33.8. The minimum Gasteiger partial charge on any atom is -0.345 e. The van der Waals surface area contributed by atoms with Crippen LogP contribution in [0.4, 0.5) is 22.7 Å². The average molecular weight is 745 g/mol. The first-order valence-electron chi connectivity index (χ1n) is 19.9. The van der Waals surface area contributed by atoms with Gasteiger partial charge in [0.15, 0.2) is 0 Å². The van der Waals surface area contributed by atoms with Crippen molar-refractivity contribution in [2.75, 3.05) is 23.9 Å². The predicted molar refractivity (Wildman–Crippen MR) is 247 cm³/mol. The second-order valence-electron chi connectivity index (χ2n) is 15.2. The Morgan fingerprint density at radius 1 is 0.310 bits per heavy atom. The Morgan fingerprint density at radius 2 is 0.741 bits per heavy atom. The lowest BCUT2D eigenvalue weighted by Crippen LogP contribution is -2.10. The number of nitrogens with zero attached hydrogens (tertiary/aromatic N) is 4. The third kappa shape index (κ3) is 5.45. The lowest BCUT2D eigenvalue weighted by Gasteiger charge is -2.22. The van der Waals surface area contributed by atoms with Crippen molar-refractivity contribution in [2.45, 2.75) is 0 Å². The van der Waals surface area contributed by atoms with E-state index in [2.05, 4.69) is 239 Å². The van der Waals surface area contributed by atoms with Crippen molar-refractivity contribution in [3.63, 3.8) is 0 Å². The molecule has 0 saturated carbocycles. The normalized spacial score (nSPS) is 11.6. The second kappa shape index (κ2) is 13.6. The van der Waals surface area contributed by atoms with E-state index in [9.17, 15) is 0 Å². The summed E-state index contributed by atoms with van der Waals surface area (Å²) in [7, 11) is 4.27. The van der Waals surface area contributed by atoms with Gasteiger partial charge in [0.1, 0.15) is 0 Å². The molecule has 0 aliphatic heterocycles. The Morgan fingerprint density at radius 3 is 1.31 bits per heavy atom. The molecule has 0 amide bonds. The van der Waals surface area contributed by atoms with Crippen LogP contribution >= 0.6 is 0 Å². The van der Waals surface area contributed by atoms with E-state index in [1.165, 1.54) is 71.2 Å². The Kier molecular flexibility index (Phi) is 7.90. The molecular weight excluding hydrogens is 705 g/mol. The molecule has 2 aromatic heterocycles. The first-order chi connectivity index (χ1) is 28.6. The number of benzene rings is 9. The zero-order valence-electron chi connectivity index (χ0n) is 32.4. The van der Waals surface area contributed by atoms with E-state index in [1.54, 1.807) is 0 Å². The summed E-state index contributed by atoms with van der Waals surface area (Å²) in [6.45, 7) is 0. The lowest BCUT2D eigenvalue weighted by molar-refractivity contribution is 1.16. The van der Waals surface area contributed by atoms with E-state index in [4.69, 9.17) is 0 Å². The van der Waals surface area contributed by atoms with Crippen LogP contribution in [0.5, 0.6) is 0 Å². The second-order valence-corrected chi connectivity index (χ2v) is 15.2. The molecule has 11 rings (SSSR count). The van der Waals surface area contributed by atoms with E-state index >= 15 is 0 Å². The molecule has 0 saturated heterocycles. The molecule has 0 spiro atoms. The van der Waals surface area contributed by atoms with E-state index in [-0.39, 0.29) is 0 Å². The van der Waals surface area contributed by atoms with Crippen LogP contribution in [0.2, 0.25) is 0 Å². The van der Waals surface area contributed by atoms with Crippen molar-refractivity contribution >= 4 is 77.1 Å². The summed E-state index contributed by atoms with van der Waals surface area (Å²) in [6.07, 6.45) is 0. The van der Waals surface area contributed by atoms with Crippen molar-refractivity contribution in [1.82, 2.24) is 9.13 Å². The number of anilines is 4. The van der Waals surface area contributed by atoms with Crippen molar-refractivity contribution in [3.8, 4) is 22.5 Å². The van der Waals surface area contributed by atoms with Crippen molar-refractivity contribution in [3.05, 3.63) is 206 Å². The van der Waals surface area contributed by atoms with Gasteiger partial charge in [-0.1, -0.05) is 115 Å². The molecule has 58 heavy (non-hydrogen) atoms. The fourth-order valence-corrected chi connectivity index (χ4v) is 8.95. The summed E-state index contributed by atoms with van der Waals surface area (Å²) in [6, 6.07) is 74.9. The maximum atomic E-state index is 2.42. The Balaban J connectivity index is 1.01. The van der Waals surface area contributed by atoms with Gasteiger partial charge in [0.05, 0.1) is 22.1 Å². The number of hydrogen-bond acceptors (Lipinski definition) is 2. The molecule has 0 unspecified atom stereocenters. The van der Waals surface area contributed by atoms with Gasteiger partial charge in [0.25, 0.3) is 0 Å². The average Bonchev–Trinajstić information content (AvgIpc) is 3.81. The molecule has 0 aliphatic rings. The number of para-hydroxylation sites is 3. The van der Waals surface area contributed by atoms with E-state index in [0.717, 1.165) is 28.4 Å². The summed E-state index contributed by atoms with van der Waals surface area (Å²) in [5.41, 5.74) is 14.0. The van der Waals surface area contributed by atoms with Gasteiger partial charge in [-0.15, -0.1) is 0 Å². The molecule has 2 heterocycles. The molecule has 9 aromatic carbocycles. The van der Waals surface area contributed by atoms with Gasteiger partial charge in [-0.25, -0.2) is 0 Å². The van der Waals surface area contributed by atoms with Crippen LogP contribution in [0.3, 0.4) is 0 Å². The van der Waals surface area contributed by atoms with Crippen LogP contribution in [0.15, 0.2) is 206 Å². The molecule has 0 bridgehead atoms. The van der Waals surface area contributed by atoms with Gasteiger partial charge in [0.2, 0.25) is 0 Å². The van der Waals surface area contributed by atoms with Crippen molar-refractivity contribution < 1.29 is 0 Å². The summed E-state index contributed by atoms with van der Waals surface area (Å²) in [5.74, 6) is 0. The smallest absolute Gasteiger partial charge is 0.0547 e. The van der Waals surface area contributed by atoms with Gasteiger partial charge >= 0.3 is 0 Å². The van der Waals surface area contributed by atoms with Crippen LogP contribution < -0.4 is 9.80 Å². The Bertz CT molecular complexity index is 3300. The van der Waals surface area contributed by atoms with Crippen molar-refractivity contribution in [1.29, 1.82) is 0 Å². The summed E-state index contributed by atoms with van der Waals surface area (Å²) >= 11 is 0. The fourth-order valence-electron chi connectivity index (χ4n) is 8.95. The molecule has 0 N–H and O–H groups in total. The van der Waals surface area contributed by atoms with Gasteiger partial charge < -0.3 is 18.9 Å². The third-order valence-corrected chi connectivity index (χ3v) is 11.9. The quantitative estimate of drug-likeness (QED) is 0.162. The van der Waals surface area contributed by atoms with Crippen LogP contribution in [-0.4, -0.2) is 23.2 Å². The van der Waals surface area contributed by atoms with E-state index in [1.807, 2.05) is 0 Å². The summed E-state index contributed by atoms with van der Waals surface area (Å²) in [4.78, 5) is 4.51. The topological polar surface area (TPSA) is 16.3 Å². The first-order valence-corrected chi connectivity index (χ1v) is 19.9. The summed E-state index contributed by atoms with van der Waals surface area (Å²) in [5, 5.41) is 7.47. The molecular formula is C54H40N4. The van der Waals surface area contributed by atoms with Gasteiger partial charge in [0, 0.05) is 75.2 Å². The van der Waals surface area contributed by atoms with Crippen molar-refractivity contribution in [2.24, 2.45) is 0 Å². The monoisotopic (exact) mass is 744 g/mol. The minimum atomic E-state index is 1.13. The zero-order chi connectivity index (χ0) is 38.7. The van der Waals surface area contributed by atoms with E-state index in [0.29, 0.717) is 0 Å². The third-order valence-electron chi connectivity index (χ3n) is 11.9. The van der Waals surface area contributed by atoms with Crippen LogP contribution in [0, 0.1) is 0 Å². The highest BCUT2D eigenvalue weighted by Gasteiger charge is 2.17. The number of hydrogen-bond donors (Lipinski definition) is 0. The Labute approximate surface area is 337 Å². The lowest BCUT2D eigenvalue weighted by atomic mass is 10.0. The maximum Gasteiger partial charge on any atom is 0.0547 e. The molecule has 0 atom stereocenters.